The molecule has 0 unspecified atom stereocenters. The summed E-state index contributed by atoms with van der Waals surface area (Å²) in [5, 5.41) is 17.7. The van der Waals surface area contributed by atoms with Crippen LogP contribution >= 0.6 is 0 Å². The number of hydrogen-bond acceptors (Lipinski definition) is 6. The summed E-state index contributed by atoms with van der Waals surface area (Å²) in [6.45, 7) is 0. The monoisotopic (exact) mass is 233 g/mol. The molecule has 0 aliphatic heterocycles. The van der Waals surface area contributed by atoms with Gasteiger partial charge in [-0.1, -0.05) is 6.07 Å². The highest BCUT2D eigenvalue weighted by molar-refractivity contribution is 5.80. The molecule has 2 rings (SSSR count). The number of nitrogen functional groups attached to an aromatic ring is 1. The number of aromatic nitrogens is 2. The molecular weight excluding hydrogens is 222 g/mol. The average Bonchev–Trinajstić information content (AvgIpc) is 2.34. The normalized spacial score (nSPS) is 8.94. The van der Waals surface area contributed by atoms with Gasteiger partial charge in [-0.25, -0.2) is 9.97 Å². The Kier molecular flexibility index (Phi) is 4.44. The molecule has 0 radical (unpaired) electrons. The van der Waals surface area contributed by atoms with E-state index >= 15 is 0 Å². The maximum atomic E-state index is 10.1. The van der Waals surface area contributed by atoms with E-state index in [0.29, 0.717) is 12.2 Å². The highest BCUT2D eigenvalue weighted by atomic mass is 16.3. The number of benzene rings is 1. The van der Waals surface area contributed by atoms with Gasteiger partial charge in [-0.15, -0.1) is 0 Å². The van der Waals surface area contributed by atoms with Crippen LogP contribution in [0.1, 0.15) is 10.4 Å². The number of anilines is 1. The molecule has 2 aromatic rings. The average molecular weight is 233 g/mol. The van der Waals surface area contributed by atoms with Crippen molar-refractivity contribution in [1.29, 1.82) is 0 Å². The second-order valence-corrected chi connectivity index (χ2v) is 2.94. The van der Waals surface area contributed by atoms with Gasteiger partial charge in [-0.2, -0.15) is 0 Å². The third-order valence-corrected chi connectivity index (χ3v) is 1.76. The van der Waals surface area contributed by atoms with Gasteiger partial charge in [-0.3, -0.25) is 4.79 Å². The molecule has 0 aliphatic carbocycles. The van der Waals surface area contributed by atoms with Crippen molar-refractivity contribution in [2.45, 2.75) is 0 Å². The molecule has 6 nitrogen and oxygen atoms in total. The topological polar surface area (TPSA) is 109 Å². The number of rotatable bonds is 1. The number of aromatic hydroxyl groups is 2. The summed E-state index contributed by atoms with van der Waals surface area (Å²) in [6.07, 6.45) is 3.68. The van der Waals surface area contributed by atoms with E-state index in [4.69, 9.17) is 15.9 Å². The minimum atomic E-state index is -0.363. The van der Waals surface area contributed by atoms with Crippen LogP contribution in [0.3, 0.4) is 0 Å². The van der Waals surface area contributed by atoms with Crippen molar-refractivity contribution in [3.05, 3.63) is 42.2 Å². The second kappa shape index (κ2) is 6.06. The van der Waals surface area contributed by atoms with E-state index in [1.165, 1.54) is 18.2 Å². The first-order chi connectivity index (χ1) is 8.15. The molecule has 6 heteroatoms. The van der Waals surface area contributed by atoms with Gasteiger partial charge >= 0.3 is 0 Å². The first-order valence-corrected chi connectivity index (χ1v) is 4.63. The lowest BCUT2D eigenvalue weighted by Gasteiger charge is -1.97. The molecule has 1 aromatic heterocycles. The van der Waals surface area contributed by atoms with Crippen molar-refractivity contribution in [3.63, 3.8) is 0 Å². The highest BCUT2D eigenvalue weighted by Crippen LogP contribution is 2.26. The third-order valence-electron chi connectivity index (χ3n) is 1.76. The molecule has 4 N–H and O–H groups in total. The SMILES string of the molecule is Nc1ncccn1.O=Cc1cccc(O)c1O. The Morgan fingerprint density at radius 2 is 1.76 bits per heavy atom. The first-order valence-electron chi connectivity index (χ1n) is 4.63. The number of para-hydroxylation sites is 1. The van der Waals surface area contributed by atoms with E-state index in [1.54, 1.807) is 18.5 Å². The Labute approximate surface area is 97.4 Å². The van der Waals surface area contributed by atoms with Crippen LogP contribution in [0.15, 0.2) is 36.7 Å². The van der Waals surface area contributed by atoms with Gasteiger partial charge in [0, 0.05) is 12.4 Å². The van der Waals surface area contributed by atoms with Gasteiger partial charge in [0.2, 0.25) is 5.95 Å². The number of phenols is 2. The third kappa shape index (κ3) is 3.78. The first kappa shape index (κ1) is 12.4. The number of nitrogens with zero attached hydrogens (tertiary/aromatic N) is 2. The maximum Gasteiger partial charge on any atom is 0.219 e. The van der Waals surface area contributed by atoms with Gasteiger partial charge < -0.3 is 15.9 Å². The molecular formula is C11H11N3O3. The van der Waals surface area contributed by atoms with Crippen molar-refractivity contribution >= 4 is 12.2 Å². The minimum Gasteiger partial charge on any atom is -0.504 e. The number of nitrogens with two attached hydrogens (primary N) is 1. The zero-order valence-corrected chi connectivity index (χ0v) is 8.82. The van der Waals surface area contributed by atoms with E-state index in [1.807, 2.05) is 0 Å². The quantitative estimate of drug-likeness (QED) is 0.500. The molecule has 88 valence electrons. The Hall–Kier alpha value is -2.63. The van der Waals surface area contributed by atoms with Crippen LogP contribution in [0.2, 0.25) is 0 Å². The van der Waals surface area contributed by atoms with Crippen molar-refractivity contribution in [2.24, 2.45) is 0 Å². The Morgan fingerprint density at radius 1 is 1.12 bits per heavy atom. The van der Waals surface area contributed by atoms with Crippen molar-refractivity contribution in [1.82, 2.24) is 9.97 Å². The summed E-state index contributed by atoms with van der Waals surface area (Å²) < 4.78 is 0. The van der Waals surface area contributed by atoms with E-state index in [0.717, 1.165) is 0 Å². The minimum absolute atomic E-state index is 0.0972. The molecule has 0 aliphatic rings. The molecule has 1 aromatic carbocycles. The van der Waals surface area contributed by atoms with Crippen molar-refractivity contribution < 1.29 is 15.0 Å². The molecule has 0 atom stereocenters. The van der Waals surface area contributed by atoms with Gasteiger partial charge in [0.1, 0.15) is 0 Å². The molecule has 0 amide bonds. The lowest BCUT2D eigenvalue weighted by atomic mass is 10.2. The number of phenolic OH excluding ortho intramolecular Hbond substituents is 2. The van der Waals surface area contributed by atoms with Crippen LogP contribution in [-0.4, -0.2) is 26.5 Å². The Balaban J connectivity index is 0.000000181. The summed E-state index contributed by atoms with van der Waals surface area (Å²) in [5.41, 5.74) is 5.23. The Bertz CT molecular complexity index is 489. The maximum absolute atomic E-state index is 10.1. The van der Waals surface area contributed by atoms with Crippen LogP contribution in [0, 0.1) is 0 Å². The van der Waals surface area contributed by atoms with Crippen molar-refractivity contribution in [2.75, 3.05) is 5.73 Å². The summed E-state index contributed by atoms with van der Waals surface area (Å²) in [4.78, 5) is 17.4. The summed E-state index contributed by atoms with van der Waals surface area (Å²) >= 11 is 0. The molecule has 0 spiro atoms. The molecule has 17 heavy (non-hydrogen) atoms. The van der Waals surface area contributed by atoms with E-state index < -0.39 is 0 Å². The fraction of sp³-hybridized carbons (Fsp3) is 0. The molecule has 0 saturated carbocycles. The smallest absolute Gasteiger partial charge is 0.219 e. The van der Waals surface area contributed by atoms with Gasteiger partial charge in [0.25, 0.3) is 0 Å². The van der Waals surface area contributed by atoms with Crippen LogP contribution < -0.4 is 5.73 Å². The number of carbonyl (C=O) groups is 1. The predicted octanol–water partition coefficient (Wildman–Crippen LogP) is 0.969. The summed E-state index contributed by atoms with van der Waals surface area (Å²) in [5.74, 6) is -0.315. The van der Waals surface area contributed by atoms with Gasteiger partial charge in [0.05, 0.1) is 5.56 Å². The largest absolute Gasteiger partial charge is 0.504 e. The van der Waals surface area contributed by atoms with Crippen LogP contribution in [0.25, 0.3) is 0 Å². The summed E-state index contributed by atoms with van der Waals surface area (Å²) in [6, 6.07) is 5.93. The van der Waals surface area contributed by atoms with Crippen LogP contribution in [-0.2, 0) is 0 Å². The van der Waals surface area contributed by atoms with E-state index in [9.17, 15) is 4.79 Å². The molecule has 0 saturated heterocycles. The standard InChI is InChI=1S/C7H6O3.C4H5N3/c8-4-5-2-1-3-6(9)7(5)10;5-4-6-2-1-3-7-4/h1-4,9-10H;1-3H,(H2,5,6,7). The Morgan fingerprint density at radius 3 is 2.18 bits per heavy atom. The summed E-state index contributed by atoms with van der Waals surface area (Å²) in [7, 11) is 0. The van der Waals surface area contributed by atoms with Gasteiger partial charge in [-0.05, 0) is 18.2 Å². The number of hydrogen-bond donors (Lipinski definition) is 3. The van der Waals surface area contributed by atoms with Gasteiger partial charge in [0.15, 0.2) is 17.8 Å². The lowest BCUT2D eigenvalue weighted by Crippen LogP contribution is -1.90. The second-order valence-electron chi connectivity index (χ2n) is 2.94. The van der Waals surface area contributed by atoms with E-state index in [-0.39, 0.29) is 17.1 Å². The molecule has 0 bridgehead atoms. The highest BCUT2D eigenvalue weighted by Gasteiger charge is 2.02. The molecule has 0 fully saturated rings. The van der Waals surface area contributed by atoms with Crippen LogP contribution in [0.4, 0.5) is 5.95 Å². The fourth-order valence-electron chi connectivity index (χ4n) is 0.954. The lowest BCUT2D eigenvalue weighted by molar-refractivity contribution is 0.112. The predicted molar refractivity (Wildman–Crippen MR) is 61.6 cm³/mol. The number of aldehydes is 1. The van der Waals surface area contributed by atoms with Crippen molar-refractivity contribution in [3.8, 4) is 11.5 Å². The number of carbonyl (C=O) groups excluding carboxylic acids is 1. The molecule has 1 heterocycles. The van der Waals surface area contributed by atoms with E-state index in [2.05, 4.69) is 9.97 Å². The van der Waals surface area contributed by atoms with Crippen LogP contribution in [0.5, 0.6) is 11.5 Å². The zero-order valence-electron chi connectivity index (χ0n) is 8.82. The zero-order chi connectivity index (χ0) is 12.7. The fourth-order valence-corrected chi connectivity index (χ4v) is 0.954.